The molecule has 1 aromatic carbocycles. The van der Waals surface area contributed by atoms with E-state index in [0.29, 0.717) is 10.4 Å². The fourth-order valence-corrected chi connectivity index (χ4v) is 5.22. The molecule has 2 aliphatic rings. The van der Waals surface area contributed by atoms with Gasteiger partial charge in [0.25, 0.3) is 17.7 Å². The Morgan fingerprint density at radius 2 is 1.81 bits per heavy atom. The van der Waals surface area contributed by atoms with Gasteiger partial charge < -0.3 is 5.32 Å². The van der Waals surface area contributed by atoms with Gasteiger partial charge in [0, 0.05) is 4.88 Å². The standard InChI is InChI=1S/C23H26N4O4S/c1-14-8-10-16(11-9-14)23(2)21(30)27(22(31)24-23)13-19(28)25-26-20(29)18-12-15-6-4-3-5-7-17(15)32-18/h8-12H,3-7,13H2,1-2H3,(H,24,31)(H,25,28)(H,26,29). The molecule has 2 aromatic rings. The predicted octanol–water partition coefficient (Wildman–Crippen LogP) is 2.55. The van der Waals surface area contributed by atoms with E-state index in [0.717, 1.165) is 36.1 Å². The first kappa shape index (κ1) is 22.0. The number of hydrogen-bond acceptors (Lipinski definition) is 5. The van der Waals surface area contributed by atoms with E-state index >= 15 is 0 Å². The molecule has 0 spiro atoms. The molecule has 1 fully saturated rings. The Bertz CT molecular complexity index is 1050. The number of nitrogens with zero attached hydrogens (tertiary/aromatic N) is 1. The quantitative estimate of drug-likeness (QED) is 0.375. The second kappa shape index (κ2) is 8.74. The van der Waals surface area contributed by atoms with E-state index in [-0.39, 0.29) is 0 Å². The van der Waals surface area contributed by atoms with E-state index in [2.05, 4.69) is 16.2 Å². The van der Waals surface area contributed by atoms with Crippen LogP contribution in [0.3, 0.4) is 0 Å². The van der Waals surface area contributed by atoms with Crippen LogP contribution >= 0.6 is 11.3 Å². The third-order valence-electron chi connectivity index (χ3n) is 5.99. The number of aryl methyl sites for hydroxylation is 3. The number of thiophene rings is 1. The van der Waals surface area contributed by atoms with Gasteiger partial charge in [0.15, 0.2) is 0 Å². The molecule has 4 rings (SSSR count). The maximum atomic E-state index is 12.9. The van der Waals surface area contributed by atoms with Gasteiger partial charge in [0.1, 0.15) is 12.1 Å². The van der Waals surface area contributed by atoms with Gasteiger partial charge >= 0.3 is 6.03 Å². The summed E-state index contributed by atoms with van der Waals surface area (Å²) in [5, 5.41) is 2.67. The summed E-state index contributed by atoms with van der Waals surface area (Å²) in [5.41, 5.74) is 6.32. The van der Waals surface area contributed by atoms with Crippen LogP contribution in [-0.4, -0.2) is 35.2 Å². The lowest BCUT2D eigenvalue weighted by molar-refractivity contribution is -0.135. The Morgan fingerprint density at radius 1 is 1.09 bits per heavy atom. The number of rotatable bonds is 4. The zero-order valence-electron chi connectivity index (χ0n) is 18.1. The number of imide groups is 1. The molecule has 5 amide bonds. The molecule has 32 heavy (non-hydrogen) atoms. The normalized spacial score (nSPS) is 20.4. The minimum absolute atomic E-state index is 0.405. The lowest BCUT2D eigenvalue weighted by Gasteiger charge is -2.22. The topological polar surface area (TPSA) is 108 Å². The molecule has 1 aromatic heterocycles. The van der Waals surface area contributed by atoms with Crippen molar-refractivity contribution >= 4 is 35.1 Å². The Hall–Kier alpha value is -3.20. The lowest BCUT2D eigenvalue weighted by Crippen LogP contribution is -2.48. The number of carbonyl (C=O) groups is 4. The smallest absolute Gasteiger partial charge is 0.319 e. The fourth-order valence-electron chi connectivity index (χ4n) is 4.07. The Balaban J connectivity index is 1.36. The zero-order chi connectivity index (χ0) is 22.9. The highest BCUT2D eigenvalue weighted by molar-refractivity contribution is 7.14. The van der Waals surface area contributed by atoms with Crippen molar-refractivity contribution in [2.24, 2.45) is 0 Å². The van der Waals surface area contributed by atoms with Crippen molar-refractivity contribution in [3.63, 3.8) is 0 Å². The highest BCUT2D eigenvalue weighted by atomic mass is 32.1. The highest BCUT2D eigenvalue weighted by Gasteiger charge is 2.49. The molecule has 0 bridgehead atoms. The van der Waals surface area contributed by atoms with Gasteiger partial charge in [-0.25, -0.2) is 4.79 Å². The first-order valence-corrected chi connectivity index (χ1v) is 11.5. The first-order valence-electron chi connectivity index (χ1n) is 10.7. The van der Waals surface area contributed by atoms with Crippen molar-refractivity contribution in [1.82, 2.24) is 21.1 Å². The zero-order valence-corrected chi connectivity index (χ0v) is 18.9. The molecular weight excluding hydrogens is 428 g/mol. The molecule has 1 unspecified atom stereocenters. The molecule has 0 radical (unpaired) electrons. The summed E-state index contributed by atoms with van der Waals surface area (Å²) in [6, 6.07) is 8.50. The van der Waals surface area contributed by atoms with Crippen molar-refractivity contribution < 1.29 is 19.2 Å². The number of carbonyl (C=O) groups excluding carboxylic acids is 4. The summed E-state index contributed by atoms with van der Waals surface area (Å²) in [6.45, 7) is 3.05. The minimum Gasteiger partial charge on any atom is -0.319 e. The van der Waals surface area contributed by atoms with Gasteiger partial charge in [0.05, 0.1) is 4.88 Å². The van der Waals surface area contributed by atoms with Crippen LogP contribution in [0.2, 0.25) is 0 Å². The Morgan fingerprint density at radius 3 is 2.56 bits per heavy atom. The molecule has 9 heteroatoms. The molecule has 1 aliphatic heterocycles. The van der Waals surface area contributed by atoms with E-state index in [1.807, 2.05) is 25.1 Å². The molecule has 1 atom stereocenters. The molecule has 3 N–H and O–H groups in total. The van der Waals surface area contributed by atoms with E-state index < -0.39 is 35.8 Å². The lowest BCUT2D eigenvalue weighted by atomic mass is 9.91. The number of urea groups is 1. The summed E-state index contributed by atoms with van der Waals surface area (Å²) in [5.74, 6) is -1.58. The fraction of sp³-hybridized carbons (Fsp3) is 0.391. The molecule has 1 saturated heterocycles. The van der Waals surface area contributed by atoms with Gasteiger partial charge in [-0.2, -0.15) is 0 Å². The molecule has 8 nitrogen and oxygen atoms in total. The van der Waals surface area contributed by atoms with Crippen LogP contribution < -0.4 is 16.2 Å². The molecule has 1 aliphatic carbocycles. The van der Waals surface area contributed by atoms with Gasteiger partial charge in [-0.3, -0.25) is 30.1 Å². The van der Waals surface area contributed by atoms with Crippen LogP contribution in [0.25, 0.3) is 0 Å². The van der Waals surface area contributed by atoms with Crippen molar-refractivity contribution in [2.45, 2.75) is 51.5 Å². The average molecular weight is 455 g/mol. The SMILES string of the molecule is Cc1ccc(C2(C)NC(=O)N(CC(=O)NNC(=O)c3cc4c(s3)CCCCC4)C2=O)cc1. The summed E-state index contributed by atoms with van der Waals surface area (Å²) < 4.78 is 0. The third-order valence-corrected chi connectivity index (χ3v) is 7.23. The average Bonchev–Trinajstić information content (AvgIpc) is 3.17. The van der Waals surface area contributed by atoms with E-state index in [1.54, 1.807) is 19.1 Å². The second-order valence-electron chi connectivity index (χ2n) is 8.43. The maximum absolute atomic E-state index is 12.9. The maximum Gasteiger partial charge on any atom is 0.325 e. The number of nitrogens with one attached hydrogen (secondary N) is 3. The van der Waals surface area contributed by atoms with E-state index in [1.165, 1.54) is 28.2 Å². The second-order valence-corrected chi connectivity index (χ2v) is 9.57. The highest BCUT2D eigenvalue weighted by Crippen LogP contribution is 2.30. The number of amides is 5. The monoisotopic (exact) mass is 454 g/mol. The Kier molecular flexibility index (Phi) is 6.01. The molecule has 168 valence electrons. The molecule has 0 saturated carbocycles. The summed E-state index contributed by atoms with van der Waals surface area (Å²) in [6.07, 6.45) is 5.39. The van der Waals surface area contributed by atoms with E-state index in [9.17, 15) is 19.2 Å². The van der Waals surface area contributed by atoms with Crippen LogP contribution in [0, 0.1) is 6.92 Å². The number of benzene rings is 1. The van der Waals surface area contributed by atoms with Gasteiger partial charge in [-0.1, -0.05) is 36.2 Å². The van der Waals surface area contributed by atoms with Crippen molar-refractivity contribution in [2.75, 3.05) is 6.54 Å². The Labute approximate surface area is 190 Å². The van der Waals surface area contributed by atoms with Crippen LogP contribution in [0.15, 0.2) is 30.3 Å². The number of fused-ring (bicyclic) bond motifs is 1. The van der Waals surface area contributed by atoms with E-state index in [4.69, 9.17) is 0 Å². The minimum atomic E-state index is -1.25. The molecule has 2 heterocycles. The summed E-state index contributed by atoms with van der Waals surface area (Å²) >= 11 is 1.45. The third kappa shape index (κ3) is 4.25. The van der Waals surface area contributed by atoms with Gasteiger partial charge in [0.2, 0.25) is 0 Å². The van der Waals surface area contributed by atoms with Gasteiger partial charge in [-0.15, -0.1) is 11.3 Å². The van der Waals surface area contributed by atoms with Crippen LogP contribution in [0.1, 0.15) is 57.4 Å². The summed E-state index contributed by atoms with van der Waals surface area (Å²) in [4.78, 5) is 52.8. The van der Waals surface area contributed by atoms with Crippen LogP contribution in [0.5, 0.6) is 0 Å². The largest absolute Gasteiger partial charge is 0.325 e. The molecular formula is C23H26N4O4S. The van der Waals surface area contributed by atoms with Crippen LogP contribution in [0.4, 0.5) is 4.79 Å². The van der Waals surface area contributed by atoms with Crippen molar-refractivity contribution in [3.8, 4) is 0 Å². The number of hydrazine groups is 1. The summed E-state index contributed by atoms with van der Waals surface area (Å²) in [7, 11) is 0. The van der Waals surface area contributed by atoms with Gasteiger partial charge in [-0.05, 0) is 56.7 Å². The van der Waals surface area contributed by atoms with Crippen molar-refractivity contribution in [1.29, 1.82) is 0 Å². The number of hydrogen-bond donors (Lipinski definition) is 3. The van der Waals surface area contributed by atoms with Crippen molar-refractivity contribution in [3.05, 3.63) is 56.8 Å². The predicted molar refractivity (Wildman–Crippen MR) is 120 cm³/mol. The first-order chi connectivity index (χ1) is 15.3. The van der Waals surface area contributed by atoms with Crippen LogP contribution in [-0.2, 0) is 28.0 Å².